The molecule has 3 aromatic heterocycles. The van der Waals surface area contributed by atoms with Crippen LogP contribution in [0.5, 0.6) is 0 Å². The van der Waals surface area contributed by atoms with Crippen LogP contribution in [0.25, 0.3) is 117 Å². The number of para-hydroxylation sites is 1. The normalized spacial score (nSPS) is 13.9. The van der Waals surface area contributed by atoms with Crippen LogP contribution >= 0.6 is 0 Å². The largest absolute Gasteiger partial charge is 0.456 e. The van der Waals surface area contributed by atoms with Crippen LogP contribution in [-0.2, 0) is 0 Å². The molecular formula is C54H35N3O2. The number of hydrogen-bond donors (Lipinski definition) is 0. The van der Waals surface area contributed by atoms with Crippen molar-refractivity contribution in [3.63, 3.8) is 0 Å². The molecule has 1 aliphatic rings. The standard InChI is InChI=1S/C54H35N3O2/c1-32-10-8-19-47-49(32)50-45(29-28-42(51(50)59-47)36-23-21-35(22-24-36)41-17-9-14-34-12-4-5-15-40(34)41)54-56-52(38-25-20-33-11-2-3-13-37(33)30-38)55-53(57-54)39-26-27-44-43-16-6-7-18-46(43)58-48(44)31-39/h2-9,11-32H,10H2,1H3. The van der Waals surface area contributed by atoms with E-state index in [2.05, 4.69) is 159 Å². The summed E-state index contributed by atoms with van der Waals surface area (Å²) in [7, 11) is 0. The predicted molar refractivity (Wildman–Crippen MR) is 241 cm³/mol. The lowest BCUT2D eigenvalue weighted by atomic mass is 9.87. The molecule has 0 radical (unpaired) electrons. The van der Waals surface area contributed by atoms with Crippen molar-refractivity contribution >= 4 is 60.5 Å². The average molecular weight is 758 g/mol. The zero-order chi connectivity index (χ0) is 39.0. The SMILES string of the molecule is CC1CC=Cc2oc3c(-c4ccc(-c5cccc6ccccc56)cc4)ccc(-c4nc(-c5ccc6ccccc6c5)nc(-c5ccc6c(c5)oc5ccccc56)n4)c3c21. The highest BCUT2D eigenvalue weighted by Gasteiger charge is 2.27. The smallest absolute Gasteiger partial charge is 0.164 e. The molecule has 8 aromatic carbocycles. The van der Waals surface area contributed by atoms with Crippen molar-refractivity contribution in [2.75, 3.05) is 0 Å². The monoisotopic (exact) mass is 757 g/mol. The van der Waals surface area contributed by atoms with Gasteiger partial charge in [0.2, 0.25) is 0 Å². The molecule has 12 rings (SSSR count). The van der Waals surface area contributed by atoms with E-state index in [-0.39, 0.29) is 5.92 Å². The zero-order valence-electron chi connectivity index (χ0n) is 32.2. The Kier molecular flexibility index (Phi) is 7.51. The molecular weight excluding hydrogens is 723 g/mol. The molecule has 1 aliphatic carbocycles. The number of hydrogen-bond acceptors (Lipinski definition) is 5. The van der Waals surface area contributed by atoms with E-state index in [1.165, 1.54) is 27.5 Å². The Bertz CT molecular complexity index is 3490. The second-order valence-electron chi connectivity index (χ2n) is 15.6. The van der Waals surface area contributed by atoms with E-state index in [0.717, 1.165) is 83.7 Å². The molecule has 0 spiro atoms. The minimum Gasteiger partial charge on any atom is -0.456 e. The highest BCUT2D eigenvalue weighted by atomic mass is 16.3. The number of benzene rings is 8. The lowest BCUT2D eigenvalue weighted by Gasteiger charge is -2.15. The molecule has 59 heavy (non-hydrogen) atoms. The van der Waals surface area contributed by atoms with Gasteiger partial charge in [-0.2, -0.15) is 0 Å². The number of rotatable bonds is 5. The molecule has 0 saturated carbocycles. The van der Waals surface area contributed by atoms with Gasteiger partial charge in [-0.1, -0.05) is 140 Å². The third kappa shape index (κ3) is 5.50. The molecule has 11 aromatic rings. The van der Waals surface area contributed by atoms with Gasteiger partial charge in [-0.3, -0.25) is 0 Å². The summed E-state index contributed by atoms with van der Waals surface area (Å²) in [5.74, 6) is 2.91. The molecule has 1 unspecified atom stereocenters. The van der Waals surface area contributed by atoms with E-state index in [1.807, 2.05) is 24.3 Å². The van der Waals surface area contributed by atoms with Crippen LogP contribution in [0.1, 0.15) is 30.6 Å². The summed E-state index contributed by atoms with van der Waals surface area (Å²) < 4.78 is 13.2. The number of aromatic nitrogens is 3. The summed E-state index contributed by atoms with van der Waals surface area (Å²) >= 11 is 0. The first-order valence-corrected chi connectivity index (χ1v) is 20.1. The van der Waals surface area contributed by atoms with Gasteiger partial charge in [-0.25, -0.2) is 15.0 Å². The fourth-order valence-electron chi connectivity index (χ4n) is 9.02. The number of fused-ring (bicyclic) bond motifs is 8. The second-order valence-corrected chi connectivity index (χ2v) is 15.6. The molecule has 1 atom stereocenters. The first-order chi connectivity index (χ1) is 29.1. The highest BCUT2D eigenvalue weighted by molar-refractivity contribution is 6.07. The molecule has 0 fully saturated rings. The van der Waals surface area contributed by atoms with E-state index >= 15 is 0 Å². The van der Waals surface area contributed by atoms with Gasteiger partial charge in [0.25, 0.3) is 0 Å². The van der Waals surface area contributed by atoms with Crippen molar-refractivity contribution in [3.8, 4) is 56.4 Å². The number of allylic oxidation sites excluding steroid dienone is 1. The lowest BCUT2D eigenvalue weighted by Crippen LogP contribution is -2.02. The summed E-state index contributed by atoms with van der Waals surface area (Å²) in [6, 6.07) is 57.4. The van der Waals surface area contributed by atoms with Gasteiger partial charge < -0.3 is 8.83 Å². The summed E-state index contributed by atoms with van der Waals surface area (Å²) in [4.78, 5) is 15.7. The van der Waals surface area contributed by atoms with Gasteiger partial charge in [0.05, 0.1) is 0 Å². The van der Waals surface area contributed by atoms with Crippen molar-refractivity contribution in [3.05, 3.63) is 181 Å². The van der Waals surface area contributed by atoms with Crippen molar-refractivity contribution in [2.45, 2.75) is 19.3 Å². The Labute approximate surface area is 340 Å². The fraction of sp³-hybridized carbons (Fsp3) is 0.0556. The zero-order valence-corrected chi connectivity index (χ0v) is 32.2. The number of furan rings is 2. The van der Waals surface area contributed by atoms with Crippen LogP contribution in [0.3, 0.4) is 0 Å². The van der Waals surface area contributed by atoms with Crippen LogP contribution in [0.2, 0.25) is 0 Å². The van der Waals surface area contributed by atoms with Crippen LogP contribution in [-0.4, -0.2) is 15.0 Å². The molecule has 0 saturated heterocycles. The van der Waals surface area contributed by atoms with Crippen molar-refractivity contribution in [2.24, 2.45) is 0 Å². The molecule has 0 amide bonds. The lowest BCUT2D eigenvalue weighted by molar-refractivity contribution is 0.587. The third-order valence-corrected chi connectivity index (χ3v) is 12.0. The quantitative estimate of drug-likeness (QED) is 0.175. The van der Waals surface area contributed by atoms with Crippen molar-refractivity contribution < 1.29 is 8.83 Å². The maximum atomic E-state index is 6.87. The van der Waals surface area contributed by atoms with Crippen molar-refractivity contribution in [1.82, 2.24) is 15.0 Å². The van der Waals surface area contributed by atoms with Gasteiger partial charge in [0.15, 0.2) is 17.5 Å². The van der Waals surface area contributed by atoms with Gasteiger partial charge in [-0.15, -0.1) is 0 Å². The predicted octanol–water partition coefficient (Wildman–Crippen LogP) is 14.7. The van der Waals surface area contributed by atoms with E-state index in [0.29, 0.717) is 17.5 Å². The van der Waals surface area contributed by atoms with E-state index in [4.69, 9.17) is 23.8 Å². The summed E-state index contributed by atoms with van der Waals surface area (Å²) in [6.07, 6.45) is 5.25. The Morgan fingerprint density at radius 2 is 1.08 bits per heavy atom. The maximum absolute atomic E-state index is 6.87. The molecule has 5 heteroatoms. The van der Waals surface area contributed by atoms with Gasteiger partial charge in [0.1, 0.15) is 22.5 Å². The minimum atomic E-state index is 0.246. The highest BCUT2D eigenvalue weighted by Crippen LogP contribution is 2.46. The molecule has 0 aliphatic heterocycles. The summed E-state index contributed by atoms with van der Waals surface area (Å²) in [6.45, 7) is 2.27. The van der Waals surface area contributed by atoms with Gasteiger partial charge >= 0.3 is 0 Å². The molecule has 278 valence electrons. The Balaban J connectivity index is 1.05. The van der Waals surface area contributed by atoms with Gasteiger partial charge in [-0.05, 0) is 93.0 Å². The van der Waals surface area contributed by atoms with Crippen LogP contribution < -0.4 is 0 Å². The third-order valence-electron chi connectivity index (χ3n) is 12.0. The average Bonchev–Trinajstić information content (AvgIpc) is 3.88. The Hall–Kier alpha value is -7.63. The first kappa shape index (κ1) is 33.5. The van der Waals surface area contributed by atoms with Crippen LogP contribution in [0.15, 0.2) is 179 Å². The topological polar surface area (TPSA) is 65.0 Å². The minimum absolute atomic E-state index is 0.246. The van der Waals surface area contributed by atoms with E-state index in [9.17, 15) is 0 Å². The van der Waals surface area contributed by atoms with Crippen molar-refractivity contribution in [1.29, 1.82) is 0 Å². The Morgan fingerprint density at radius 3 is 1.93 bits per heavy atom. The molecule has 0 N–H and O–H groups in total. The molecule has 3 heterocycles. The Morgan fingerprint density at radius 1 is 0.458 bits per heavy atom. The van der Waals surface area contributed by atoms with Crippen LogP contribution in [0.4, 0.5) is 0 Å². The van der Waals surface area contributed by atoms with E-state index in [1.54, 1.807) is 0 Å². The fourth-order valence-corrected chi connectivity index (χ4v) is 9.02. The maximum Gasteiger partial charge on any atom is 0.164 e. The van der Waals surface area contributed by atoms with E-state index < -0.39 is 0 Å². The van der Waals surface area contributed by atoms with Gasteiger partial charge in [0, 0.05) is 44.0 Å². The number of nitrogens with zero attached hydrogens (tertiary/aromatic N) is 3. The summed E-state index contributed by atoms with van der Waals surface area (Å²) in [5, 5.41) is 7.95. The molecule has 0 bridgehead atoms. The van der Waals surface area contributed by atoms with Crippen LogP contribution in [0, 0.1) is 0 Å². The first-order valence-electron chi connectivity index (χ1n) is 20.1. The second kappa shape index (κ2) is 13.2. The summed E-state index contributed by atoms with van der Waals surface area (Å²) in [5.41, 5.74) is 10.9. The molecule has 5 nitrogen and oxygen atoms in total.